The SMILES string of the molecule is O=C(CCn1nc(C(F)(F)F)c(Br)c1C1CC1)Nc1ccccc1C(F)(F)F. The summed E-state index contributed by atoms with van der Waals surface area (Å²) in [5.41, 5.74) is -2.11. The second-order valence-corrected chi connectivity index (χ2v) is 7.18. The van der Waals surface area contributed by atoms with Crippen LogP contribution in [0, 0.1) is 0 Å². The molecule has 1 N–H and O–H groups in total. The topological polar surface area (TPSA) is 46.9 Å². The van der Waals surface area contributed by atoms with Gasteiger partial charge in [-0.2, -0.15) is 31.4 Å². The van der Waals surface area contributed by atoms with Crippen molar-refractivity contribution in [2.45, 2.75) is 44.1 Å². The molecule has 1 fully saturated rings. The molecule has 1 amide bonds. The average molecular weight is 470 g/mol. The summed E-state index contributed by atoms with van der Waals surface area (Å²) < 4.78 is 79.1. The Labute approximate surface area is 164 Å². The van der Waals surface area contributed by atoms with Crippen molar-refractivity contribution in [3.8, 4) is 0 Å². The smallest absolute Gasteiger partial charge is 0.325 e. The van der Waals surface area contributed by atoms with Gasteiger partial charge in [0.2, 0.25) is 5.91 Å². The van der Waals surface area contributed by atoms with Gasteiger partial charge in [-0.15, -0.1) is 0 Å². The number of benzene rings is 1. The first-order valence-electron chi connectivity index (χ1n) is 8.28. The quantitative estimate of drug-likeness (QED) is 0.580. The van der Waals surface area contributed by atoms with Gasteiger partial charge in [-0.1, -0.05) is 12.1 Å². The van der Waals surface area contributed by atoms with Crippen LogP contribution in [0.25, 0.3) is 0 Å². The molecular formula is C17H14BrF6N3O. The minimum atomic E-state index is -4.65. The van der Waals surface area contributed by atoms with Crippen LogP contribution < -0.4 is 5.32 Å². The molecular weight excluding hydrogens is 456 g/mol. The number of anilines is 1. The predicted octanol–water partition coefficient (Wildman–Crippen LogP) is 5.59. The van der Waals surface area contributed by atoms with E-state index in [-0.39, 0.29) is 23.4 Å². The molecule has 3 rings (SSSR count). The van der Waals surface area contributed by atoms with Gasteiger partial charge in [0, 0.05) is 12.3 Å². The predicted molar refractivity (Wildman–Crippen MR) is 91.6 cm³/mol. The Morgan fingerprint density at radius 2 is 1.79 bits per heavy atom. The number of nitrogens with one attached hydrogen (secondary N) is 1. The van der Waals surface area contributed by atoms with E-state index in [4.69, 9.17) is 0 Å². The van der Waals surface area contributed by atoms with Gasteiger partial charge in [0.1, 0.15) is 0 Å². The fourth-order valence-corrected chi connectivity index (χ4v) is 3.64. The maximum absolute atomic E-state index is 13.1. The summed E-state index contributed by atoms with van der Waals surface area (Å²) in [5, 5.41) is 5.73. The van der Waals surface area contributed by atoms with Crippen LogP contribution in [-0.2, 0) is 23.7 Å². The maximum Gasteiger partial charge on any atom is 0.436 e. The number of carbonyl (C=O) groups excluding carboxylic acids is 1. The largest absolute Gasteiger partial charge is 0.436 e. The zero-order valence-corrected chi connectivity index (χ0v) is 15.7. The molecule has 1 heterocycles. The van der Waals surface area contributed by atoms with Gasteiger partial charge in [0.15, 0.2) is 5.69 Å². The van der Waals surface area contributed by atoms with Crippen molar-refractivity contribution in [2.24, 2.45) is 0 Å². The highest BCUT2D eigenvalue weighted by Crippen LogP contribution is 2.47. The molecule has 0 radical (unpaired) electrons. The first kappa shape index (κ1) is 20.7. The summed E-state index contributed by atoms with van der Waals surface area (Å²) in [4.78, 5) is 12.1. The molecule has 1 aromatic heterocycles. The molecule has 0 bridgehead atoms. The number of hydrogen-bond donors (Lipinski definition) is 1. The number of halogens is 7. The molecule has 1 saturated carbocycles. The Bertz CT molecular complexity index is 886. The number of alkyl halides is 6. The lowest BCUT2D eigenvalue weighted by Crippen LogP contribution is -2.19. The van der Waals surface area contributed by atoms with E-state index in [0.29, 0.717) is 18.5 Å². The first-order chi connectivity index (χ1) is 13.0. The molecule has 0 unspecified atom stereocenters. The van der Waals surface area contributed by atoms with Crippen molar-refractivity contribution in [3.05, 3.63) is 45.7 Å². The Morgan fingerprint density at radius 1 is 1.14 bits per heavy atom. The minimum Gasteiger partial charge on any atom is -0.325 e. The number of para-hydroxylation sites is 1. The minimum absolute atomic E-state index is 0.0769. The molecule has 1 aliphatic rings. The second-order valence-electron chi connectivity index (χ2n) is 6.38. The monoisotopic (exact) mass is 469 g/mol. The van der Waals surface area contributed by atoms with Crippen LogP contribution in [0.1, 0.15) is 42.1 Å². The van der Waals surface area contributed by atoms with Gasteiger partial charge < -0.3 is 5.32 Å². The van der Waals surface area contributed by atoms with E-state index in [2.05, 4.69) is 26.3 Å². The van der Waals surface area contributed by atoms with E-state index < -0.39 is 35.2 Å². The first-order valence-corrected chi connectivity index (χ1v) is 9.07. The molecule has 0 aliphatic heterocycles. The Balaban J connectivity index is 1.74. The van der Waals surface area contributed by atoms with Gasteiger partial charge in [-0.25, -0.2) is 0 Å². The van der Waals surface area contributed by atoms with Gasteiger partial charge in [-0.05, 0) is 40.9 Å². The van der Waals surface area contributed by atoms with Gasteiger partial charge in [-0.3, -0.25) is 9.48 Å². The number of nitrogens with zero attached hydrogens (tertiary/aromatic N) is 2. The summed E-state index contributed by atoms with van der Waals surface area (Å²) in [6.45, 7) is -0.180. The summed E-state index contributed by atoms with van der Waals surface area (Å²) in [7, 11) is 0. The molecule has 1 aliphatic carbocycles. The van der Waals surface area contributed by atoms with Gasteiger partial charge in [0.05, 0.1) is 28.0 Å². The van der Waals surface area contributed by atoms with Crippen molar-refractivity contribution in [1.29, 1.82) is 0 Å². The number of aromatic nitrogens is 2. The third kappa shape index (κ3) is 4.50. The summed E-state index contributed by atoms with van der Waals surface area (Å²) in [6.07, 6.45) is -8.18. The second kappa shape index (κ2) is 7.41. The fourth-order valence-electron chi connectivity index (χ4n) is 2.81. The van der Waals surface area contributed by atoms with Gasteiger partial charge >= 0.3 is 12.4 Å². The maximum atomic E-state index is 13.1. The lowest BCUT2D eigenvalue weighted by Gasteiger charge is -2.13. The highest BCUT2D eigenvalue weighted by molar-refractivity contribution is 9.10. The Morgan fingerprint density at radius 3 is 2.36 bits per heavy atom. The van der Waals surface area contributed by atoms with Crippen molar-refractivity contribution in [2.75, 3.05) is 5.32 Å². The van der Waals surface area contributed by atoms with Crippen LogP contribution in [0.15, 0.2) is 28.7 Å². The zero-order valence-electron chi connectivity index (χ0n) is 14.2. The van der Waals surface area contributed by atoms with Crippen LogP contribution in [0.2, 0.25) is 0 Å². The molecule has 0 spiro atoms. The van der Waals surface area contributed by atoms with Crippen molar-refractivity contribution < 1.29 is 31.1 Å². The molecule has 11 heteroatoms. The third-order valence-electron chi connectivity index (χ3n) is 4.22. The van der Waals surface area contributed by atoms with E-state index >= 15 is 0 Å². The average Bonchev–Trinajstić information content (AvgIpc) is 3.34. The number of carbonyl (C=O) groups is 1. The van der Waals surface area contributed by atoms with Crippen molar-refractivity contribution in [3.63, 3.8) is 0 Å². The fraction of sp³-hybridized carbons (Fsp3) is 0.412. The molecule has 0 saturated heterocycles. The standard InChI is InChI=1S/C17H14BrF6N3O/c18-13-14(9-5-6-9)27(26-15(13)17(22,23)24)8-7-12(28)25-11-4-2-1-3-10(11)16(19,20)21/h1-4,9H,5-8H2,(H,25,28). The van der Waals surface area contributed by atoms with Crippen LogP contribution in [0.5, 0.6) is 0 Å². The number of amides is 1. The number of hydrogen-bond acceptors (Lipinski definition) is 2. The molecule has 2 aromatic rings. The molecule has 28 heavy (non-hydrogen) atoms. The lowest BCUT2D eigenvalue weighted by molar-refractivity contribution is -0.142. The van der Waals surface area contributed by atoms with E-state index in [9.17, 15) is 31.1 Å². The Hall–Kier alpha value is -2.04. The third-order valence-corrected chi connectivity index (χ3v) is 5.00. The van der Waals surface area contributed by atoms with Crippen LogP contribution in [0.4, 0.5) is 32.0 Å². The number of aryl methyl sites for hydroxylation is 1. The highest BCUT2D eigenvalue weighted by atomic mass is 79.9. The Kier molecular flexibility index (Phi) is 5.48. The van der Waals surface area contributed by atoms with Crippen LogP contribution in [0.3, 0.4) is 0 Å². The summed E-state index contributed by atoms with van der Waals surface area (Å²) in [6, 6.07) is 4.49. The van der Waals surface area contributed by atoms with Crippen molar-refractivity contribution >= 4 is 27.5 Å². The normalized spacial score (nSPS) is 15.0. The van der Waals surface area contributed by atoms with Crippen LogP contribution in [-0.4, -0.2) is 15.7 Å². The van der Waals surface area contributed by atoms with E-state index in [0.717, 1.165) is 16.8 Å². The lowest BCUT2D eigenvalue weighted by atomic mass is 10.1. The van der Waals surface area contributed by atoms with Gasteiger partial charge in [0.25, 0.3) is 0 Å². The highest BCUT2D eigenvalue weighted by Gasteiger charge is 2.41. The molecule has 0 atom stereocenters. The molecule has 4 nitrogen and oxygen atoms in total. The summed E-state index contributed by atoms with van der Waals surface area (Å²) >= 11 is 2.94. The van der Waals surface area contributed by atoms with E-state index in [1.807, 2.05) is 0 Å². The van der Waals surface area contributed by atoms with Crippen molar-refractivity contribution in [1.82, 2.24) is 9.78 Å². The zero-order chi connectivity index (χ0) is 20.7. The molecule has 1 aromatic carbocycles. The molecule has 152 valence electrons. The van der Waals surface area contributed by atoms with E-state index in [1.54, 1.807) is 0 Å². The van der Waals surface area contributed by atoms with E-state index in [1.165, 1.54) is 12.1 Å². The summed E-state index contributed by atoms with van der Waals surface area (Å²) in [5.74, 6) is -0.828. The number of rotatable bonds is 5. The van der Waals surface area contributed by atoms with Crippen LogP contribution >= 0.6 is 15.9 Å².